The van der Waals surface area contributed by atoms with Crippen molar-refractivity contribution in [2.45, 2.75) is 39.3 Å². The van der Waals surface area contributed by atoms with Crippen molar-refractivity contribution < 1.29 is 32.7 Å². The van der Waals surface area contributed by atoms with Gasteiger partial charge in [0, 0.05) is 0 Å². The zero-order valence-corrected chi connectivity index (χ0v) is 16.9. The molecule has 0 saturated carbocycles. The predicted octanol–water partition coefficient (Wildman–Crippen LogP) is 3.50. The van der Waals surface area contributed by atoms with Crippen LogP contribution in [0, 0.1) is 0 Å². The fourth-order valence-corrected chi connectivity index (χ4v) is 4.04. The van der Waals surface area contributed by atoms with Gasteiger partial charge in [0.2, 0.25) is 0 Å². The largest absolute Gasteiger partial charge is 0.467 e. The van der Waals surface area contributed by atoms with Gasteiger partial charge in [-0.2, -0.15) is 0 Å². The lowest BCUT2D eigenvalue weighted by Gasteiger charge is -2.19. The number of methoxy groups -OCH3 is 1. The van der Waals surface area contributed by atoms with E-state index in [0.717, 1.165) is 5.56 Å². The van der Waals surface area contributed by atoms with E-state index in [1.54, 1.807) is 13.8 Å². The Kier molecular flexibility index (Phi) is 10.7. The van der Waals surface area contributed by atoms with E-state index in [1.165, 1.54) is 7.11 Å². The molecule has 0 aliphatic rings. The molecule has 1 N–H and O–H groups in total. The van der Waals surface area contributed by atoms with Crippen molar-refractivity contribution >= 4 is 19.7 Å². The third-order valence-electron chi connectivity index (χ3n) is 3.57. The molecule has 27 heavy (non-hydrogen) atoms. The highest BCUT2D eigenvalue weighted by Crippen LogP contribution is 2.48. The molecule has 0 aliphatic heterocycles. The highest BCUT2D eigenvalue weighted by molar-refractivity contribution is 7.53. The minimum absolute atomic E-state index is 0.0877. The first-order valence-corrected chi connectivity index (χ1v) is 10.6. The van der Waals surface area contributed by atoms with Crippen LogP contribution in [0.4, 0.5) is 4.79 Å². The minimum Gasteiger partial charge on any atom is -0.467 e. The molecule has 0 spiro atoms. The predicted molar refractivity (Wildman–Crippen MR) is 101 cm³/mol. The van der Waals surface area contributed by atoms with Crippen LogP contribution in [-0.2, 0) is 34.5 Å². The number of nitrogens with one attached hydrogen (secondary N) is 1. The molecule has 1 aromatic carbocycles. The van der Waals surface area contributed by atoms with Crippen LogP contribution in [0.3, 0.4) is 0 Å². The number of carbonyl (C=O) groups excluding carboxylic acids is 2. The fourth-order valence-electron chi connectivity index (χ4n) is 2.35. The Morgan fingerprint density at radius 1 is 1.11 bits per heavy atom. The van der Waals surface area contributed by atoms with Crippen molar-refractivity contribution in [1.29, 1.82) is 0 Å². The number of hydrogen-bond donors (Lipinski definition) is 1. The molecule has 1 atom stereocenters. The van der Waals surface area contributed by atoms with Crippen molar-refractivity contribution in [2.75, 3.05) is 26.5 Å². The smallest absolute Gasteiger partial charge is 0.408 e. The van der Waals surface area contributed by atoms with Gasteiger partial charge in [-0.25, -0.2) is 9.59 Å². The monoisotopic (exact) mass is 401 g/mol. The van der Waals surface area contributed by atoms with Crippen molar-refractivity contribution in [1.82, 2.24) is 5.32 Å². The number of ether oxygens (including phenoxy) is 2. The Morgan fingerprint density at radius 3 is 2.30 bits per heavy atom. The van der Waals surface area contributed by atoms with Gasteiger partial charge in [-0.15, -0.1) is 0 Å². The zero-order chi connectivity index (χ0) is 20.1. The lowest BCUT2D eigenvalue weighted by atomic mass is 10.2. The van der Waals surface area contributed by atoms with Crippen molar-refractivity contribution in [3.05, 3.63) is 35.9 Å². The summed E-state index contributed by atoms with van der Waals surface area (Å²) in [6, 6.07) is 8.27. The molecule has 9 heteroatoms. The molecule has 0 radical (unpaired) electrons. The normalized spacial score (nSPS) is 12.3. The Labute approximate surface area is 160 Å². The maximum Gasteiger partial charge on any atom is 0.408 e. The topological polar surface area (TPSA) is 100 Å². The lowest BCUT2D eigenvalue weighted by Crippen LogP contribution is -2.41. The summed E-state index contributed by atoms with van der Waals surface area (Å²) >= 11 is 0. The Bertz CT molecular complexity index is 613. The average Bonchev–Trinajstić information content (AvgIpc) is 2.66. The van der Waals surface area contributed by atoms with Gasteiger partial charge >= 0.3 is 19.7 Å². The Hall–Kier alpha value is -1.89. The maximum atomic E-state index is 12.4. The van der Waals surface area contributed by atoms with Crippen LogP contribution in [0.2, 0.25) is 0 Å². The Morgan fingerprint density at radius 2 is 1.74 bits per heavy atom. The summed E-state index contributed by atoms with van der Waals surface area (Å²) in [6.07, 6.45) is -0.0250. The van der Waals surface area contributed by atoms with Crippen molar-refractivity contribution in [3.8, 4) is 0 Å². The summed E-state index contributed by atoms with van der Waals surface area (Å²) in [7, 11) is -1.96. The summed E-state index contributed by atoms with van der Waals surface area (Å²) in [5.41, 5.74) is 0.830. The molecule has 0 aliphatic carbocycles. The molecule has 0 fully saturated rings. The molecular formula is C18H28NO7P. The van der Waals surface area contributed by atoms with Crippen LogP contribution >= 0.6 is 7.60 Å². The molecule has 0 heterocycles. The number of esters is 1. The van der Waals surface area contributed by atoms with Crippen LogP contribution in [0.5, 0.6) is 0 Å². The third kappa shape index (κ3) is 9.04. The molecule has 8 nitrogen and oxygen atoms in total. The van der Waals surface area contributed by atoms with Gasteiger partial charge in [0.1, 0.15) is 12.6 Å². The standard InChI is InChI=1S/C18H28NO7P/c1-4-25-27(22,26-5-2)13-9-12-16(17(20)23-3)19-18(21)24-14-15-10-7-6-8-11-15/h6-8,10-11,16H,4-5,9,12-14H2,1-3H3,(H,19,21)/t16-/m0/s1. The van der Waals surface area contributed by atoms with Crippen molar-refractivity contribution in [3.63, 3.8) is 0 Å². The molecule has 0 bridgehead atoms. The van der Waals surface area contributed by atoms with Crippen LogP contribution < -0.4 is 5.32 Å². The second kappa shape index (κ2) is 12.5. The van der Waals surface area contributed by atoms with E-state index in [0.29, 0.717) is 6.42 Å². The first-order chi connectivity index (χ1) is 12.9. The SMILES string of the molecule is CCOP(=O)(CCC[C@H](NC(=O)OCc1ccccc1)C(=O)OC)OCC. The summed E-state index contributed by atoms with van der Waals surface area (Å²) in [5, 5.41) is 2.48. The summed E-state index contributed by atoms with van der Waals surface area (Å²) in [5.74, 6) is -0.602. The summed E-state index contributed by atoms with van der Waals surface area (Å²) in [6.45, 7) is 4.08. The first kappa shape index (κ1) is 23.1. The van der Waals surface area contributed by atoms with Crippen LogP contribution in [0.15, 0.2) is 30.3 Å². The van der Waals surface area contributed by atoms with Gasteiger partial charge in [-0.1, -0.05) is 30.3 Å². The van der Waals surface area contributed by atoms with Gasteiger partial charge in [0.25, 0.3) is 0 Å². The second-order valence-corrected chi connectivity index (χ2v) is 7.78. The van der Waals surface area contributed by atoms with E-state index in [-0.39, 0.29) is 32.4 Å². The molecule has 1 rings (SSSR count). The number of benzene rings is 1. The van der Waals surface area contributed by atoms with Crippen LogP contribution in [0.1, 0.15) is 32.3 Å². The highest BCUT2D eigenvalue weighted by Gasteiger charge is 2.27. The fraction of sp³-hybridized carbons (Fsp3) is 0.556. The maximum absolute atomic E-state index is 12.4. The summed E-state index contributed by atoms with van der Waals surface area (Å²) < 4.78 is 32.7. The van der Waals surface area contributed by atoms with E-state index in [4.69, 9.17) is 18.5 Å². The van der Waals surface area contributed by atoms with E-state index < -0.39 is 25.7 Å². The van der Waals surface area contributed by atoms with E-state index in [9.17, 15) is 14.2 Å². The number of amides is 1. The van der Waals surface area contributed by atoms with E-state index in [2.05, 4.69) is 5.32 Å². The first-order valence-electron chi connectivity index (χ1n) is 8.87. The zero-order valence-electron chi connectivity index (χ0n) is 16.0. The number of rotatable bonds is 12. The number of carbonyl (C=O) groups is 2. The van der Waals surface area contributed by atoms with Crippen molar-refractivity contribution in [2.24, 2.45) is 0 Å². The minimum atomic E-state index is -3.20. The Balaban J connectivity index is 2.53. The van der Waals surface area contributed by atoms with Gasteiger partial charge in [-0.05, 0) is 32.3 Å². The summed E-state index contributed by atoms with van der Waals surface area (Å²) in [4.78, 5) is 23.9. The molecular weight excluding hydrogens is 373 g/mol. The third-order valence-corrected chi connectivity index (χ3v) is 5.73. The quantitative estimate of drug-likeness (QED) is 0.423. The van der Waals surface area contributed by atoms with Gasteiger partial charge < -0.3 is 23.8 Å². The van der Waals surface area contributed by atoms with Gasteiger partial charge in [-0.3, -0.25) is 4.57 Å². The molecule has 0 saturated heterocycles. The average molecular weight is 401 g/mol. The molecule has 1 amide bonds. The molecule has 0 unspecified atom stereocenters. The van der Waals surface area contributed by atoms with E-state index in [1.807, 2.05) is 30.3 Å². The van der Waals surface area contributed by atoms with Gasteiger partial charge in [0.05, 0.1) is 26.5 Å². The number of alkyl carbamates (subject to hydrolysis) is 1. The van der Waals surface area contributed by atoms with Crippen LogP contribution in [-0.4, -0.2) is 44.6 Å². The van der Waals surface area contributed by atoms with Gasteiger partial charge in [0.15, 0.2) is 0 Å². The second-order valence-electron chi connectivity index (χ2n) is 5.59. The van der Waals surface area contributed by atoms with E-state index >= 15 is 0 Å². The molecule has 1 aromatic rings. The number of hydrogen-bond acceptors (Lipinski definition) is 7. The highest BCUT2D eigenvalue weighted by atomic mass is 31.2. The molecule has 0 aromatic heterocycles. The lowest BCUT2D eigenvalue weighted by molar-refractivity contribution is -0.143. The van der Waals surface area contributed by atoms with Crippen LogP contribution in [0.25, 0.3) is 0 Å². The molecule has 152 valence electrons.